The minimum atomic E-state index is -4.56. The van der Waals surface area contributed by atoms with Crippen LogP contribution in [0.15, 0.2) is 40.9 Å². The summed E-state index contributed by atoms with van der Waals surface area (Å²) < 4.78 is 55.2. The molecule has 30 heavy (non-hydrogen) atoms. The number of hydrogen-bond acceptors (Lipinski definition) is 3. The van der Waals surface area contributed by atoms with Crippen molar-refractivity contribution in [1.82, 2.24) is 9.80 Å². The molecule has 10 heteroatoms. The van der Waals surface area contributed by atoms with Gasteiger partial charge in [-0.2, -0.15) is 13.2 Å². The van der Waals surface area contributed by atoms with Crippen molar-refractivity contribution in [2.45, 2.75) is 12.7 Å². The summed E-state index contributed by atoms with van der Waals surface area (Å²) in [6.07, 6.45) is -4.56. The van der Waals surface area contributed by atoms with E-state index in [1.165, 1.54) is 30.3 Å². The summed E-state index contributed by atoms with van der Waals surface area (Å²) >= 11 is 3.11. The van der Waals surface area contributed by atoms with E-state index in [1.54, 1.807) is 0 Å². The lowest BCUT2D eigenvalue weighted by atomic mass is 10.0. The number of carbonyl (C=O) groups is 1. The fourth-order valence-electron chi connectivity index (χ4n) is 3.18. The smallest absolute Gasteiger partial charge is 0.308 e. The molecule has 0 unspecified atom stereocenters. The molecule has 0 radical (unpaired) electrons. The molecule has 0 spiro atoms. The van der Waals surface area contributed by atoms with Crippen molar-refractivity contribution in [3.8, 4) is 0 Å². The van der Waals surface area contributed by atoms with Crippen LogP contribution in [-0.4, -0.2) is 49.1 Å². The van der Waals surface area contributed by atoms with Crippen molar-refractivity contribution in [1.29, 1.82) is 0 Å². The average Bonchev–Trinajstić information content (AvgIpc) is 2.66. The quantitative estimate of drug-likeness (QED) is 0.595. The molecule has 2 N–H and O–H groups in total. The zero-order chi connectivity index (χ0) is 21.9. The molecule has 1 saturated heterocycles. The summed E-state index contributed by atoms with van der Waals surface area (Å²) in [4.78, 5) is 16.2. The molecular weight excluding hydrogens is 468 g/mol. The number of amides is 2. The van der Waals surface area contributed by atoms with Crippen LogP contribution in [0.25, 0.3) is 0 Å². The Hall–Kier alpha value is -2.17. The van der Waals surface area contributed by atoms with Gasteiger partial charge in [0.25, 0.3) is 0 Å². The Balaban J connectivity index is 1.73. The predicted molar refractivity (Wildman–Crippen MR) is 111 cm³/mol. The van der Waals surface area contributed by atoms with Crippen LogP contribution in [0.1, 0.15) is 11.1 Å². The maximum atomic E-state index is 13.8. The summed E-state index contributed by atoms with van der Waals surface area (Å²) in [7, 11) is 1.98. The molecule has 2 amide bonds. The Labute approximate surface area is 180 Å². The summed E-state index contributed by atoms with van der Waals surface area (Å²) in [5, 5.41) is 4.62. The number of rotatable bonds is 4. The Morgan fingerprint density at radius 1 is 1.07 bits per heavy atom. The van der Waals surface area contributed by atoms with Crippen LogP contribution in [0.2, 0.25) is 0 Å². The van der Waals surface area contributed by atoms with E-state index in [2.05, 4.69) is 31.5 Å². The first-order chi connectivity index (χ1) is 14.1. The van der Waals surface area contributed by atoms with Gasteiger partial charge in [0.05, 0.1) is 11.3 Å². The fourth-order valence-corrected chi connectivity index (χ4v) is 3.51. The molecule has 1 aliphatic heterocycles. The van der Waals surface area contributed by atoms with Crippen molar-refractivity contribution in [2.75, 3.05) is 43.9 Å². The second-order valence-electron chi connectivity index (χ2n) is 7.15. The van der Waals surface area contributed by atoms with Gasteiger partial charge in [0, 0.05) is 42.9 Å². The molecular formula is C20H21BrF4N4O. The SMILES string of the molecule is CN1CCN(Cc2ccc(NC(=O)Nc3ccc(Br)cc3F)cc2C(F)(F)F)CC1. The Morgan fingerprint density at radius 2 is 1.77 bits per heavy atom. The summed E-state index contributed by atoms with van der Waals surface area (Å²) in [6.45, 7) is 3.16. The van der Waals surface area contributed by atoms with E-state index in [4.69, 9.17) is 0 Å². The summed E-state index contributed by atoms with van der Waals surface area (Å²) in [6, 6.07) is 6.91. The number of nitrogens with one attached hydrogen (secondary N) is 2. The van der Waals surface area contributed by atoms with Crippen LogP contribution in [0.4, 0.5) is 33.7 Å². The van der Waals surface area contributed by atoms with Crippen molar-refractivity contribution in [2.24, 2.45) is 0 Å². The van der Waals surface area contributed by atoms with E-state index >= 15 is 0 Å². The standard InChI is InChI=1S/C20H21BrF4N4O/c1-28-6-8-29(9-7-28)12-13-2-4-15(11-16(13)20(23,24)25)26-19(30)27-18-5-3-14(21)10-17(18)22/h2-5,10-11H,6-9,12H2,1H3,(H2,26,27,30). The number of anilines is 2. The Kier molecular flexibility index (Phi) is 6.99. The zero-order valence-corrected chi connectivity index (χ0v) is 17.8. The van der Waals surface area contributed by atoms with Crippen molar-refractivity contribution >= 4 is 33.3 Å². The number of halogens is 5. The Bertz CT molecular complexity index is 914. The molecule has 1 heterocycles. The third-order valence-electron chi connectivity index (χ3n) is 4.84. The molecule has 1 fully saturated rings. The number of urea groups is 1. The topological polar surface area (TPSA) is 47.6 Å². The lowest BCUT2D eigenvalue weighted by molar-refractivity contribution is -0.138. The van der Waals surface area contributed by atoms with Gasteiger partial charge in [-0.25, -0.2) is 9.18 Å². The molecule has 2 aromatic carbocycles. The maximum absolute atomic E-state index is 13.8. The molecule has 0 bridgehead atoms. The first-order valence-electron chi connectivity index (χ1n) is 9.26. The van der Waals surface area contributed by atoms with Gasteiger partial charge in [-0.3, -0.25) is 4.90 Å². The van der Waals surface area contributed by atoms with Crippen molar-refractivity contribution in [3.05, 3.63) is 57.8 Å². The minimum Gasteiger partial charge on any atom is -0.308 e. The normalized spacial score (nSPS) is 15.8. The van der Waals surface area contributed by atoms with E-state index in [-0.39, 0.29) is 23.5 Å². The van der Waals surface area contributed by atoms with E-state index in [1.807, 2.05) is 11.9 Å². The maximum Gasteiger partial charge on any atom is 0.416 e. The van der Waals surface area contributed by atoms with Crippen molar-refractivity contribution < 1.29 is 22.4 Å². The van der Waals surface area contributed by atoms with E-state index in [0.717, 1.165) is 19.2 Å². The molecule has 2 aromatic rings. The van der Waals surface area contributed by atoms with Gasteiger partial charge in [-0.05, 0) is 42.9 Å². The molecule has 0 saturated carbocycles. The predicted octanol–water partition coefficient (Wildman–Crippen LogP) is 5.00. The highest BCUT2D eigenvalue weighted by Gasteiger charge is 2.34. The second kappa shape index (κ2) is 9.32. The number of likely N-dealkylation sites (N-methyl/N-ethyl adjacent to an activating group) is 1. The highest BCUT2D eigenvalue weighted by molar-refractivity contribution is 9.10. The number of hydrogen-bond donors (Lipinski definition) is 2. The van der Waals surface area contributed by atoms with Gasteiger partial charge in [0.1, 0.15) is 5.82 Å². The third-order valence-corrected chi connectivity index (χ3v) is 5.34. The van der Waals surface area contributed by atoms with Gasteiger partial charge >= 0.3 is 12.2 Å². The highest BCUT2D eigenvalue weighted by atomic mass is 79.9. The van der Waals surface area contributed by atoms with Crippen LogP contribution < -0.4 is 10.6 Å². The van der Waals surface area contributed by atoms with Crippen LogP contribution in [0, 0.1) is 5.82 Å². The molecule has 5 nitrogen and oxygen atoms in total. The summed E-state index contributed by atoms with van der Waals surface area (Å²) in [5.41, 5.74) is -0.760. The number of benzene rings is 2. The average molecular weight is 489 g/mol. The first-order valence-corrected chi connectivity index (χ1v) is 10.1. The lowest BCUT2D eigenvalue weighted by Gasteiger charge is -2.33. The molecule has 1 aliphatic rings. The summed E-state index contributed by atoms with van der Waals surface area (Å²) in [5.74, 6) is -0.668. The van der Waals surface area contributed by atoms with Crippen molar-refractivity contribution in [3.63, 3.8) is 0 Å². The van der Waals surface area contributed by atoms with Gasteiger partial charge < -0.3 is 15.5 Å². The lowest BCUT2D eigenvalue weighted by Crippen LogP contribution is -2.44. The van der Waals surface area contributed by atoms with Crippen LogP contribution >= 0.6 is 15.9 Å². The van der Waals surface area contributed by atoms with E-state index in [0.29, 0.717) is 17.6 Å². The van der Waals surface area contributed by atoms with Gasteiger partial charge in [-0.1, -0.05) is 22.0 Å². The molecule has 3 rings (SSSR count). The molecule has 0 aliphatic carbocycles. The molecule has 0 atom stereocenters. The van der Waals surface area contributed by atoms with Crippen LogP contribution in [-0.2, 0) is 12.7 Å². The number of nitrogens with zero attached hydrogens (tertiary/aromatic N) is 2. The fraction of sp³-hybridized carbons (Fsp3) is 0.350. The number of carbonyl (C=O) groups excluding carboxylic acids is 1. The zero-order valence-electron chi connectivity index (χ0n) is 16.2. The van der Waals surface area contributed by atoms with Gasteiger partial charge in [0.2, 0.25) is 0 Å². The highest BCUT2D eigenvalue weighted by Crippen LogP contribution is 2.34. The van der Waals surface area contributed by atoms with Gasteiger partial charge in [-0.15, -0.1) is 0 Å². The first kappa shape index (κ1) is 22.5. The monoisotopic (exact) mass is 488 g/mol. The van der Waals surface area contributed by atoms with E-state index in [9.17, 15) is 22.4 Å². The molecule has 162 valence electrons. The number of piperazine rings is 1. The van der Waals surface area contributed by atoms with Gasteiger partial charge in [0.15, 0.2) is 0 Å². The second-order valence-corrected chi connectivity index (χ2v) is 8.07. The van der Waals surface area contributed by atoms with E-state index < -0.39 is 23.6 Å². The van der Waals surface area contributed by atoms with Crippen LogP contribution in [0.3, 0.4) is 0 Å². The largest absolute Gasteiger partial charge is 0.416 e. The Morgan fingerprint density at radius 3 is 2.40 bits per heavy atom. The third kappa shape index (κ3) is 5.93. The minimum absolute atomic E-state index is 0.0283. The molecule has 0 aromatic heterocycles. The number of alkyl halides is 3. The van der Waals surface area contributed by atoms with Crippen LogP contribution in [0.5, 0.6) is 0 Å².